The van der Waals surface area contributed by atoms with Crippen molar-refractivity contribution in [2.75, 3.05) is 6.61 Å². The number of carboxylic acids is 1. The standard InChI is InChI=1S/C13H18N2O3/c16-13(17)11-7-14-15-12(11)18-6-5-9-3-4-10(9)8-1-2-8/h7-10H,1-6H2,(H,14,15)(H,16,17). The fourth-order valence-corrected chi connectivity index (χ4v) is 2.95. The first-order valence-corrected chi connectivity index (χ1v) is 6.65. The second-order valence-electron chi connectivity index (χ2n) is 5.39. The van der Waals surface area contributed by atoms with Gasteiger partial charge in [0.2, 0.25) is 5.88 Å². The van der Waals surface area contributed by atoms with E-state index in [4.69, 9.17) is 9.84 Å². The molecule has 2 N–H and O–H groups in total. The van der Waals surface area contributed by atoms with E-state index in [9.17, 15) is 4.79 Å². The van der Waals surface area contributed by atoms with E-state index in [1.807, 2.05) is 0 Å². The van der Waals surface area contributed by atoms with Crippen LogP contribution < -0.4 is 4.74 Å². The molecule has 1 aromatic heterocycles. The van der Waals surface area contributed by atoms with Crippen LogP contribution in [0.5, 0.6) is 5.88 Å². The minimum Gasteiger partial charge on any atom is -0.477 e. The molecule has 1 aromatic rings. The number of H-pyrrole nitrogens is 1. The maximum absolute atomic E-state index is 10.9. The van der Waals surface area contributed by atoms with Gasteiger partial charge in [0.1, 0.15) is 5.56 Å². The summed E-state index contributed by atoms with van der Waals surface area (Å²) >= 11 is 0. The third-order valence-corrected chi connectivity index (χ3v) is 4.27. The van der Waals surface area contributed by atoms with Gasteiger partial charge in [-0.15, -0.1) is 5.10 Å². The van der Waals surface area contributed by atoms with E-state index in [1.54, 1.807) is 0 Å². The van der Waals surface area contributed by atoms with Gasteiger partial charge >= 0.3 is 5.97 Å². The summed E-state index contributed by atoms with van der Waals surface area (Å²) in [5, 5.41) is 15.2. The predicted molar refractivity (Wildman–Crippen MR) is 64.6 cm³/mol. The number of carbonyl (C=O) groups is 1. The van der Waals surface area contributed by atoms with E-state index in [0.717, 1.165) is 24.2 Å². The van der Waals surface area contributed by atoms with E-state index in [-0.39, 0.29) is 11.4 Å². The molecule has 0 spiro atoms. The van der Waals surface area contributed by atoms with Crippen LogP contribution in [0.4, 0.5) is 0 Å². The fourth-order valence-electron chi connectivity index (χ4n) is 2.95. The monoisotopic (exact) mass is 250 g/mol. The van der Waals surface area contributed by atoms with E-state index < -0.39 is 5.97 Å². The lowest BCUT2D eigenvalue weighted by molar-refractivity contribution is 0.0690. The molecule has 2 aliphatic rings. The highest BCUT2D eigenvalue weighted by atomic mass is 16.5. The summed E-state index contributed by atoms with van der Waals surface area (Å²) in [6.07, 6.45) is 7.87. The van der Waals surface area contributed by atoms with Gasteiger partial charge in [0, 0.05) is 6.20 Å². The zero-order chi connectivity index (χ0) is 12.5. The first-order chi connectivity index (χ1) is 8.75. The Balaban J connectivity index is 1.46. The number of aromatic amines is 1. The van der Waals surface area contributed by atoms with E-state index >= 15 is 0 Å². The number of nitrogens with one attached hydrogen (secondary N) is 1. The van der Waals surface area contributed by atoms with Crippen molar-refractivity contribution in [1.29, 1.82) is 0 Å². The van der Waals surface area contributed by atoms with E-state index in [1.165, 1.54) is 31.9 Å². The lowest BCUT2D eigenvalue weighted by Gasteiger charge is -2.37. The molecule has 0 aliphatic heterocycles. The molecule has 0 radical (unpaired) electrons. The second-order valence-corrected chi connectivity index (χ2v) is 5.39. The Hall–Kier alpha value is -1.52. The summed E-state index contributed by atoms with van der Waals surface area (Å²) in [4.78, 5) is 10.9. The molecule has 0 saturated heterocycles. The molecule has 5 nitrogen and oxygen atoms in total. The molecule has 98 valence electrons. The number of rotatable bonds is 6. The summed E-state index contributed by atoms with van der Waals surface area (Å²) in [5.41, 5.74) is 0.113. The average Bonchev–Trinajstić information content (AvgIpc) is 2.99. The SMILES string of the molecule is O=C(O)c1c[nH]nc1OCCC1CCC1C1CC1. The van der Waals surface area contributed by atoms with Crippen LogP contribution in [0.3, 0.4) is 0 Å². The molecule has 1 heterocycles. The zero-order valence-electron chi connectivity index (χ0n) is 10.3. The summed E-state index contributed by atoms with van der Waals surface area (Å²) in [5.74, 6) is 1.88. The van der Waals surface area contributed by atoms with E-state index in [2.05, 4.69) is 10.2 Å². The highest BCUT2D eigenvalue weighted by molar-refractivity contribution is 5.89. The van der Waals surface area contributed by atoms with Crippen molar-refractivity contribution in [1.82, 2.24) is 10.2 Å². The third kappa shape index (κ3) is 2.21. The molecule has 3 rings (SSSR count). The zero-order valence-corrected chi connectivity index (χ0v) is 10.3. The van der Waals surface area contributed by atoms with Gasteiger partial charge in [0.15, 0.2) is 0 Å². The molecule has 2 fully saturated rings. The molecule has 0 amide bonds. The predicted octanol–water partition coefficient (Wildman–Crippen LogP) is 2.31. The second kappa shape index (κ2) is 4.63. The largest absolute Gasteiger partial charge is 0.477 e. The summed E-state index contributed by atoms with van der Waals surface area (Å²) in [6.45, 7) is 0.568. The summed E-state index contributed by atoms with van der Waals surface area (Å²) < 4.78 is 5.47. The van der Waals surface area contributed by atoms with Gasteiger partial charge in [-0.25, -0.2) is 4.79 Å². The number of hydrogen-bond donors (Lipinski definition) is 2. The van der Waals surface area contributed by atoms with Crippen LogP contribution in [-0.4, -0.2) is 27.9 Å². The third-order valence-electron chi connectivity index (χ3n) is 4.27. The quantitative estimate of drug-likeness (QED) is 0.812. The van der Waals surface area contributed by atoms with Crippen molar-refractivity contribution in [3.63, 3.8) is 0 Å². The van der Waals surface area contributed by atoms with Crippen molar-refractivity contribution < 1.29 is 14.6 Å². The normalized spacial score (nSPS) is 26.7. The molecule has 0 bridgehead atoms. The number of aromatic nitrogens is 2. The molecule has 0 aromatic carbocycles. The van der Waals surface area contributed by atoms with Crippen molar-refractivity contribution >= 4 is 5.97 Å². The number of hydrogen-bond acceptors (Lipinski definition) is 3. The number of aromatic carboxylic acids is 1. The fraction of sp³-hybridized carbons (Fsp3) is 0.692. The summed E-state index contributed by atoms with van der Waals surface area (Å²) in [7, 11) is 0. The first kappa shape index (κ1) is 11.6. The van der Waals surface area contributed by atoms with Crippen LogP contribution in [0.2, 0.25) is 0 Å². The lowest BCUT2D eigenvalue weighted by atomic mass is 9.69. The van der Waals surface area contributed by atoms with Gasteiger partial charge in [-0.3, -0.25) is 5.10 Å². The van der Waals surface area contributed by atoms with Crippen LogP contribution in [0, 0.1) is 17.8 Å². The summed E-state index contributed by atoms with van der Waals surface area (Å²) in [6, 6.07) is 0. The molecular weight excluding hydrogens is 232 g/mol. The highest BCUT2D eigenvalue weighted by Crippen LogP contribution is 2.51. The molecular formula is C13H18N2O3. The van der Waals surface area contributed by atoms with Crippen molar-refractivity contribution in [3.8, 4) is 5.88 Å². The number of ether oxygens (including phenoxy) is 1. The topological polar surface area (TPSA) is 75.2 Å². The van der Waals surface area contributed by atoms with Crippen molar-refractivity contribution in [2.45, 2.75) is 32.1 Å². The molecule has 2 saturated carbocycles. The first-order valence-electron chi connectivity index (χ1n) is 6.65. The van der Waals surface area contributed by atoms with Gasteiger partial charge in [0.05, 0.1) is 6.61 Å². The van der Waals surface area contributed by atoms with Crippen molar-refractivity contribution in [3.05, 3.63) is 11.8 Å². The molecule has 2 atom stereocenters. The van der Waals surface area contributed by atoms with Gasteiger partial charge in [-0.05, 0) is 49.9 Å². The average molecular weight is 250 g/mol. The van der Waals surface area contributed by atoms with Gasteiger partial charge in [0.25, 0.3) is 0 Å². The Morgan fingerprint density at radius 1 is 1.44 bits per heavy atom. The maximum Gasteiger partial charge on any atom is 0.342 e. The van der Waals surface area contributed by atoms with Gasteiger partial charge in [-0.2, -0.15) is 0 Å². The molecule has 2 aliphatic carbocycles. The Labute approximate surface area is 106 Å². The minimum atomic E-state index is -1.00. The maximum atomic E-state index is 10.9. The Kier molecular flexibility index (Phi) is 2.97. The minimum absolute atomic E-state index is 0.113. The Morgan fingerprint density at radius 3 is 2.89 bits per heavy atom. The smallest absolute Gasteiger partial charge is 0.342 e. The molecule has 18 heavy (non-hydrogen) atoms. The van der Waals surface area contributed by atoms with Crippen LogP contribution in [0.25, 0.3) is 0 Å². The van der Waals surface area contributed by atoms with Crippen LogP contribution >= 0.6 is 0 Å². The highest BCUT2D eigenvalue weighted by Gasteiger charge is 2.41. The van der Waals surface area contributed by atoms with Crippen LogP contribution in [-0.2, 0) is 0 Å². The Morgan fingerprint density at radius 2 is 2.28 bits per heavy atom. The van der Waals surface area contributed by atoms with Gasteiger partial charge in [-0.1, -0.05) is 0 Å². The van der Waals surface area contributed by atoms with Crippen LogP contribution in [0.15, 0.2) is 6.20 Å². The van der Waals surface area contributed by atoms with Crippen LogP contribution in [0.1, 0.15) is 42.5 Å². The van der Waals surface area contributed by atoms with Crippen molar-refractivity contribution in [2.24, 2.45) is 17.8 Å². The lowest BCUT2D eigenvalue weighted by Crippen LogP contribution is -2.29. The van der Waals surface area contributed by atoms with Gasteiger partial charge < -0.3 is 9.84 Å². The molecule has 2 unspecified atom stereocenters. The Bertz CT molecular complexity index is 439. The van der Waals surface area contributed by atoms with E-state index in [0.29, 0.717) is 6.61 Å². The number of nitrogens with zero attached hydrogens (tertiary/aromatic N) is 1. The number of carboxylic acid groups (broad SMARTS) is 1. The molecule has 5 heteroatoms.